The number of amides is 1. The molecule has 2 aliphatic heterocycles. The molecule has 1 aromatic carbocycles. The Morgan fingerprint density at radius 2 is 2.04 bits per heavy atom. The first kappa shape index (κ1) is 18.0. The molecular weight excluding hydrogens is 340 g/mol. The second-order valence-corrected chi connectivity index (χ2v) is 8.56. The molecule has 2 saturated heterocycles. The molecule has 2 heterocycles. The smallest absolute Gasteiger partial charge is 0.237 e. The van der Waals surface area contributed by atoms with Crippen molar-refractivity contribution in [1.82, 2.24) is 9.80 Å². The Bertz CT molecular complexity index is 550. The number of methoxy groups -OCH3 is 1. The largest absolute Gasteiger partial charge is 0.496 e. The fourth-order valence-electron chi connectivity index (χ4n) is 3.24. The van der Waals surface area contributed by atoms with Gasteiger partial charge in [-0.25, -0.2) is 0 Å². The Kier molecular flexibility index (Phi) is 6.75. The zero-order valence-electron chi connectivity index (χ0n) is 14.3. The van der Waals surface area contributed by atoms with Gasteiger partial charge in [-0.3, -0.25) is 9.69 Å². The topological polar surface area (TPSA) is 32.8 Å². The lowest BCUT2D eigenvalue weighted by molar-refractivity contribution is -0.132. The first-order chi connectivity index (χ1) is 11.8. The van der Waals surface area contributed by atoms with Gasteiger partial charge in [0.15, 0.2) is 0 Å². The third kappa shape index (κ3) is 4.61. The van der Waals surface area contributed by atoms with Gasteiger partial charge >= 0.3 is 0 Å². The fourth-order valence-corrected chi connectivity index (χ4v) is 5.78. The lowest BCUT2D eigenvalue weighted by Gasteiger charge is -2.30. The van der Waals surface area contributed by atoms with E-state index in [-0.39, 0.29) is 5.37 Å². The minimum atomic E-state index is 0.275. The molecule has 24 heavy (non-hydrogen) atoms. The van der Waals surface area contributed by atoms with Gasteiger partial charge in [0, 0.05) is 22.9 Å². The molecule has 4 nitrogen and oxygen atoms in total. The summed E-state index contributed by atoms with van der Waals surface area (Å²) in [4.78, 5) is 18.2. The van der Waals surface area contributed by atoms with Crippen molar-refractivity contribution in [2.45, 2.75) is 29.5 Å². The van der Waals surface area contributed by atoms with Crippen molar-refractivity contribution >= 4 is 29.4 Å². The quantitative estimate of drug-likeness (QED) is 0.722. The van der Waals surface area contributed by atoms with Crippen molar-refractivity contribution in [2.75, 3.05) is 44.8 Å². The van der Waals surface area contributed by atoms with E-state index in [1.54, 1.807) is 18.9 Å². The minimum absolute atomic E-state index is 0.275. The van der Waals surface area contributed by atoms with Crippen LogP contribution in [0.25, 0.3) is 0 Å². The highest BCUT2D eigenvalue weighted by molar-refractivity contribution is 8.03. The van der Waals surface area contributed by atoms with Crippen molar-refractivity contribution in [3.05, 3.63) is 24.3 Å². The van der Waals surface area contributed by atoms with Crippen molar-refractivity contribution in [1.29, 1.82) is 0 Å². The van der Waals surface area contributed by atoms with E-state index in [1.807, 2.05) is 30.0 Å². The number of hydrogen-bond acceptors (Lipinski definition) is 5. The third-order valence-electron chi connectivity index (χ3n) is 4.57. The zero-order chi connectivity index (χ0) is 16.8. The average molecular weight is 367 g/mol. The number of nitrogens with zero attached hydrogens (tertiary/aromatic N) is 2. The summed E-state index contributed by atoms with van der Waals surface area (Å²) in [5, 5.41) is 0.275. The first-order valence-corrected chi connectivity index (χ1v) is 10.7. The Morgan fingerprint density at radius 3 is 2.83 bits per heavy atom. The molecule has 1 aromatic rings. The van der Waals surface area contributed by atoms with Crippen molar-refractivity contribution in [3.8, 4) is 5.75 Å². The molecule has 1 unspecified atom stereocenters. The van der Waals surface area contributed by atoms with Crippen LogP contribution in [0, 0.1) is 0 Å². The van der Waals surface area contributed by atoms with Gasteiger partial charge in [0.2, 0.25) is 5.91 Å². The Hall–Kier alpha value is -0.850. The molecule has 2 fully saturated rings. The predicted octanol–water partition coefficient (Wildman–Crippen LogP) is 3.17. The van der Waals surface area contributed by atoms with Crippen LogP contribution >= 0.6 is 23.5 Å². The van der Waals surface area contributed by atoms with Gasteiger partial charge in [0.05, 0.1) is 19.0 Å². The van der Waals surface area contributed by atoms with Crippen LogP contribution in [0.4, 0.5) is 0 Å². The number of thioether (sulfide) groups is 2. The summed E-state index contributed by atoms with van der Waals surface area (Å²) in [6, 6.07) is 8.10. The molecule has 0 aromatic heterocycles. The van der Waals surface area contributed by atoms with Crippen molar-refractivity contribution < 1.29 is 9.53 Å². The van der Waals surface area contributed by atoms with E-state index in [1.165, 1.54) is 19.3 Å². The number of para-hydroxylation sites is 1. The van der Waals surface area contributed by atoms with E-state index in [4.69, 9.17) is 4.74 Å². The lowest BCUT2D eigenvalue weighted by Crippen LogP contribution is -2.44. The highest BCUT2D eigenvalue weighted by atomic mass is 32.2. The summed E-state index contributed by atoms with van der Waals surface area (Å²) in [6.45, 7) is 3.63. The molecule has 0 saturated carbocycles. The van der Waals surface area contributed by atoms with E-state index in [0.717, 1.165) is 41.8 Å². The molecule has 6 heteroatoms. The SMILES string of the molecule is COc1ccccc1SCC1SCCN1C(=O)CN1CCCCC1. The number of benzene rings is 1. The average Bonchev–Trinajstić information content (AvgIpc) is 3.10. The monoisotopic (exact) mass is 366 g/mol. The van der Waals surface area contributed by atoms with E-state index < -0.39 is 0 Å². The molecule has 1 atom stereocenters. The second kappa shape index (κ2) is 9.02. The number of hydrogen-bond donors (Lipinski definition) is 0. The molecule has 0 spiro atoms. The molecule has 0 radical (unpaired) electrons. The summed E-state index contributed by atoms with van der Waals surface area (Å²) in [5.41, 5.74) is 0. The molecule has 132 valence electrons. The van der Waals surface area contributed by atoms with Crippen LogP contribution in [0.2, 0.25) is 0 Å². The van der Waals surface area contributed by atoms with Gasteiger partial charge in [-0.1, -0.05) is 18.6 Å². The highest BCUT2D eigenvalue weighted by Crippen LogP contribution is 2.34. The van der Waals surface area contributed by atoms with Gasteiger partial charge < -0.3 is 9.64 Å². The fraction of sp³-hybridized carbons (Fsp3) is 0.611. The maximum Gasteiger partial charge on any atom is 0.237 e. The van der Waals surface area contributed by atoms with E-state index in [0.29, 0.717) is 12.5 Å². The van der Waals surface area contributed by atoms with E-state index >= 15 is 0 Å². The summed E-state index contributed by atoms with van der Waals surface area (Å²) >= 11 is 3.68. The Balaban J connectivity index is 1.53. The standard InChI is InChI=1S/C18H26N2O2S2/c1-22-15-7-3-4-8-16(15)24-14-18-20(11-12-23-18)17(21)13-19-9-5-2-6-10-19/h3-4,7-8,18H,2,5-6,9-14H2,1H3. The molecule has 0 bridgehead atoms. The minimum Gasteiger partial charge on any atom is -0.496 e. The first-order valence-electron chi connectivity index (χ1n) is 8.67. The highest BCUT2D eigenvalue weighted by Gasteiger charge is 2.30. The predicted molar refractivity (Wildman–Crippen MR) is 102 cm³/mol. The Labute approximate surface area is 153 Å². The van der Waals surface area contributed by atoms with Crippen LogP contribution in [0.1, 0.15) is 19.3 Å². The van der Waals surface area contributed by atoms with Crippen LogP contribution in [-0.4, -0.2) is 65.9 Å². The number of ether oxygens (including phenoxy) is 1. The number of likely N-dealkylation sites (tertiary alicyclic amines) is 1. The van der Waals surface area contributed by atoms with Gasteiger partial charge in [-0.05, 0) is 38.1 Å². The van der Waals surface area contributed by atoms with E-state index in [2.05, 4.69) is 15.9 Å². The van der Waals surface area contributed by atoms with Gasteiger partial charge in [0.1, 0.15) is 5.75 Å². The molecular formula is C18H26N2O2S2. The van der Waals surface area contributed by atoms with Gasteiger partial charge in [-0.15, -0.1) is 23.5 Å². The molecule has 0 aliphatic carbocycles. The van der Waals surface area contributed by atoms with Crippen LogP contribution in [-0.2, 0) is 4.79 Å². The number of piperidine rings is 1. The molecule has 1 amide bonds. The zero-order valence-corrected chi connectivity index (χ0v) is 15.9. The number of carbonyl (C=O) groups excluding carboxylic acids is 1. The van der Waals surface area contributed by atoms with E-state index in [9.17, 15) is 4.79 Å². The molecule has 0 N–H and O–H groups in total. The molecule has 3 rings (SSSR count). The number of rotatable bonds is 6. The lowest BCUT2D eigenvalue weighted by atomic mass is 10.1. The van der Waals surface area contributed by atoms with Crippen LogP contribution < -0.4 is 4.74 Å². The van der Waals surface area contributed by atoms with Crippen LogP contribution in [0.5, 0.6) is 5.75 Å². The van der Waals surface area contributed by atoms with Gasteiger partial charge in [0.25, 0.3) is 0 Å². The second-order valence-electron chi connectivity index (χ2n) is 6.21. The summed E-state index contributed by atoms with van der Waals surface area (Å²) in [6.07, 6.45) is 3.77. The summed E-state index contributed by atoms with van der Waals surface area (Å²) < 4.78 is 5.42. The maximum atomic E-state index is 12.7. The van der Waals surface area contributed by atoms with Crippen molar-refractivity contribution in [3.63, 3.8) is 0 Å². The Morgan fingerprint density at radius 1 is 1.25 bits per heavy atom. The summed E-state index contributed by atoms with van der Waals surface area (Å²) in [7, 11) is 1.71. The third-order valence-corrected chi connectivity index (χ3v) is 7.13. The van der Waals surface area contributed by atoms with Gasteiger partial charge in [-0.2, -0.15) is 0 Å². The summed E-state index contributed by atoms with van der Waals surface area (Å²) in [5.74, 6) is 3.17. The molecule has 2 aliphatic rings. The number of carbonyl (C=O) groups is 1. The van der Waals surface area contributed by atoms with Crippen LogP contribution in [0.15, 0.2) is 29.2 Å². The van der Waals surface area contributed by atoms with Crippen molar-refractivity contribution in [2.24, 2.45) is 0 Å². The normalized spacial score (nSPS) is 21.9. The van der Waals surface area contributed by atoms with Crippen LogP contribution in [0.3, 0.4) is 0 Å². The maximum absolute atomic E-state index is 12.7.